The molecule has 0 heteroatoms. The van der Waals surface area contributed by atoms with Gasteiger partial charge in [0.25, 0.3) is 0 Å². The Morgan fingerprint density at radius 3 is 2.25 bits per heavy atom. The van der Waals surface area contributed by atoms with Crippen molar-refractivity contribution in [3.05, 3.63) is 0 Å². The maximum absolute atomic E-state index is 2.41. The number of rotatable bonds is 1. The fourth-order valence-electron chi connectivity index (χ4n) is 3.20. The highest BCUT2D eigenvalue weighted by Crippen LogP contribution is 2.54. The Morgan fingerprint density at radius 1 is 1.08 bits per heavy atom. The van der Waals surface area contributed by atoms with E-state index in [0.717, 1.165) is 17.3 Å². The van der Waals surface area contributed by atoms with Crippen molar-refractivity contribution in [3.63, 3.8) is 0 Å². The lowest BCUT2D eigenvalue weighted by Crippen LogP contribution is -2.36. The van der Waals surface area contributed by atoms with Crippen LogP contribution in [0.4, 0.5) is 0 Å². The molecule has 0 aromatic carbocycles. The Bertz CT molecular complexity index is 153. The van der Waals surface area contributed by atoms with Gasteiger partial charge in [-0.2, -0.15) is 0 Å². The molecule has 70 valence electrons. The topological polar surface area (TPSA) is 0 Å². The zero-order chi connectivity index (χ0) is 8.60. The Balaban J connectivity index is 1.94. The molecule has 0 unspecified atom stereocenters. The van der Waals surface area contributed by atoms with Gasteiger partial charge in [-0.25, -0.2) is 0 Å². The van der Waals surface area contributed by atoms with Crippen molar-refractivity contribution in [3.8, 4) is 0 Å². The van der Waals surface area contributed by atoms with Crippen LogP contribution in [0.1, 0.15) is 58.8 Å². The minimum Gasteiger partial charge on any atom is -0.0625 e. The van der Waals surface area contributed by atoms with Gasteiger partial charge < -0.3 is 0 Å². The highest BCUT2D eigenvalue weighted by Gasteiger charge is 2.41. The SMILES string of the molecule is CC(C)[C@H]1CCCC2(CCC2)C1. The summed E-state index contributed by atoms with van der Waals surface area (Å²) in [6.45, 7) is 4.81. The van der Waals surface area contributed by atoms with E-state index in [9.17, 15) is 0 Å². The van der Waals surface area contributed by atoms with Crippen LogP contribution in [0.5, 0.6) is 0 Å². The standard InChI is InChI=1S/C12H22/c1-10(2)11-5-3-6-12(9-11)7-4-8-12/h10-11H,3-9H2,1-2H3/t11-/m0/s1. The van der Waals surface area contributed by atoms with Gasteiger partial charge in [-0.1, -0.05) is 33.1 Å². The molecule has 0 aromatic heterocycles. The minimum atomic E-state index is 0.854. The van der Waals surface area contributed by atoms with Gasteiger partial charge in [0.2, 0.25) is 0 Å². The smallest absolute Gasteiger partial charge is 0.0295 e. The molecule has 0 heterocycles. The van der Waals surface area contributed by atoms with Gasteiger partial charge in [0.05, 0.1) is 0 Å². The molecule has 0 amide bonds. The van der Waals surface area contributed by atoms with Crippen LogP contribution in [0.2, 0.25) is 0 Å². The first-order valence-electron chi connectivity index (χ1n) is 5.72. The first kappa shape index (κ1) is 8.59. The van der Waals surface area contributed by atoms with Crippen LogP contribution in [-0.4, -0.2) is 0 Å². The van der Waals surface area contributed by atoms with Gasteiger partial charge in [0.15, 0.2) is 0 Å². The van der Waals surface area contributed by atoms with Crippen molar-refractivity contribution < 1.29 is 0 Å². The molecule has 2 aliphatic carbocycles. The molecule has 0 N–H and O–H groups in total. The molecule has 2 aliphatic rings. The van der Waals surface area contributed by atoms with E-state index in [4.69, 9.17) is 0 Å². The summed E-state index contributed by atoms with van der Waals surface area (Å²) in [5.74, 6) is 1.99. The second kappa shape index (κ2) is 3.05. The van der Waals surface area contributed by atoms with Crippen molar-refractivity contribution in [2.24, 2.45) is 17.3 Å². The lowest BCUT2D eigenvalue weighted by atomic mass is 9.57. The normalized spacial score (nSPS) is 33.8. The summed E-state index contributed by atoms with van der Waals surface area (Å²) in [6.07, 6.45) is 10.8. The van der Waals surface area contributed by atoms with Gasteiger partial charge in [-0.15, -0.1) is 0 Å². The molecule has 2 fully saturated rings. The molecular weight excluding hydrogens is 144 g/mol. The predicted molar refractivity (Wildman–Crippen MR) is 53.1 cm³/mol. The third kappa shape index (κ3) is 1.41. The lowest BCUT2D eigenvalue weighted by molar-refractivity contribution is 0.0325. The van der Waals surface area contributed by atoms with Gasteiger partial charge >= 0.3 is 0 Å². The van der Waals surface area contributed by atoms with Gasteiger partial charge in [-0.05, 0) is 42.9 Å². The summed E-state index contributed by atoms with van der Waals surface area (Å²) in [5, 5.41) is 0. The highest BCUT2D eigenvalue weighted by molar-refractivity contribution is 4.92. The lowest BCUT2D eigenvalue weighted by Gasteiger charge is -2.48. The summed E-state index contributed by atoms with van der Waals surface area (Å²) in [4.78, 5) is 0. The Morgan fingerprint density at radius 2 is 1.75 bits per heavy atom. The van der Waals surface area contributed by atoms with Crippen molar-refractivity contribution in [1.29, 1.82) is 0 Å². The van der Waals surface area contributed by atoms with Gasteiger partial charge in [-0.3, -0.25) is 0 Å². The fraction of sp³-hybridized carbons (Fsp3) is 1.00. The molecule has 2 saturated carbocycles. The molecule has 0 nitrogen and oxygen atoms in total. The Labute approximate surface area is 76.7 Å². The van der Waals surface area contributed by atoms with Crippen LogP contribution in [-0.2, 0) is 0 Å². The minimum absolute atomic E-state index is 0.854. The highest BCUT2D eigenvalue weighted by atomic mass is 14.5. The third-order valence-electron chi connectivity index (χ3n) is 4.33. The van der Waals surface area contributed by atoms with E-state index in [-0.39, 0.29) is 0 Å². The van der Waals surface area contributed by atoms with Crippen LogP contribution in [0, 0.1) is 17.3 Å². The average Bonchev–Trinajstić information content (AvgIpc) is 2.02. The molecule has 0 aliphatic heterocycles. The van der Waals surface area contributed by atoms with E-state index in [1.807, 2.05) is 0 Å². The molecule has 0 bridgehead atoms. The quantitative estimate of drug-likeness (QED) is 0.552. The fourth-order valence-corrected chi connectivity index (χ4v) is 3.20. The van der Waals surface area contributed by atoms with E-state index in [2.05, 4.69) is 13.8 Å². The van der Waals surface area contributed by atoms with Crippen molar-refractivity contribution >= 4 is 0 Å². The summed E-state index contributed by atoms with van der Waals surface area (Å²) in [7, 11) is 0. The summed E-state index contributed by atoms with van der Waals surface area (Å²) < 4.78 is 0. The summed E-state index contributed by atoms with van der Waals surface area (Å²) in [6, 6.07) is 0. The number of hydrogen-bond acceptors (Lipinski definition) is 0. The van der Waals surface area contributed by atoms with E-state index < -0.39 is 0 Å². The van der Waals surface area contributed by atoms with Crippen LogP contribution >= 0.6 is 0 Å². The van der Waals surface area contributed by atoms with Crippen molar-refractivity contribution in [2.45, 2.75) is 58.8 Å². The van der Waals surface area contributed by atoms with Crippen molar-refractivity contribution in [1.82, 2.24) is 0 Å². The van der Waals surface area contributed by atoms with Gasteiger partial charge in [0.1, 0.15) is 0 Å². The second-order valence-electron chi connectivity index (χ2n) is 5.45. The molecule has 1 atom stereocenters. The second-order valence-corrected chi connectivity index (χ2v) is 5.45. The zero-order valence-electron chi connectivity index (χ0n) is 8.60. The number of hydrogen-bond donors (Lipinski definition) is 0. The molecule has 0 radical (unpaired) electrons. The van der Waals surface area contributed by atoms with Crippen LogP contribution in [0.3, 0.4) is 0 Å². The van der Waals surface area contributed by atoms with Crippen LogP contribution in [0.15, 0.2) is 0 Å². The summed E-state index contributed by atoms with van der Waals surface area (Å²) >= 11 is 0. The first-order chi connectivity index (χ1) is 5.72. The molecule has 0 saturated heterocycles. The van der Waals surface area contributed by atoms with E-state index >= 15 is 0 Å². The van der Waals surface area contributed by atoms with Crippen molar-refractivity contribution in [2.75, 3.05) is 0 Å². The maximum Gasteiger partial charge on any atom is -0.0295 e. The third-order valence-corrected chi connectivity index (χ3v) is 4.33. The molecule has 12 heavy (non-hydrogen) atoms. The zero-order valence-corrected chi connectivity index (χ0v) is 8.60. The largest absolute Gasteiger partial charge is 0.0625 e. The maximum atomic E-state index is 2.41. The van der Waals surface area contributed by atoms with E-state index in [1.54, 1.807) is 25.7 Å². The van der Waals surface area contributed by atoms with Gasteiger partial charge in [0, 0.05) is 0 Å². The Kier molecular flexibility index (Phi) is 2.18. The Hall–Kier alpha value is 0. The summed E-state index contributed by atoms with van der Waals surface area (Å²) in [5.41, 5.74) is 0.854. The molecule has 1 spiro atoms. The van der Waals surface area contributed by atoms with E-state index in [1.165, 1.54) is 19.3 Å². The van der Waals surface area contributed by atoms with E-state index in [0.29, 0.717) is 0 Å². The monoisotopic (exact) mass is 166 g/mol. The molecule has 0 aromatic rings. The average molecular weight is 166 g/mol. The first-order valence-corrected chi connectivity index (χ1v) is 5.72. The predicted octanol–water partition coefficient (Wildman–Crippen LogP) is 4.00. The molecular formula is C12H22. The van der Waals surface area contributed by atoms with Crippen LogP contribution in [0.25, 0.3) is 0 Å². The van der Waals surface area contributed by atoms with Crippen LogP contribution < -0.4 is 0 Å². The molecule has 2 rings (SSSR count).